The van der Waals surface area contributed by atoms with Crippen molar-refractivity contribution >= 4 is 33.5 Å². The zero-order valence-electron chi connectivity index (χ0n) is 10.3. The molecule has 0 aliphatic rings. The van der Waals surface area contributed by atoms with E-state index in [0.29, 0.717) is 22.6 Å². The van der Waals surface area contributed by atoms with Gasteiger partial charge in [0.05, 0.1) is 24.4 Å². The summed E-state index contributed by atoms with van der Waals surface area (Å²) >= 11 is 3.24. The first-order chi connectivity index (χ1) is 8.52. The minimum absolute atomic E-state index is 0.0860. The van der Waals surface area contributed by atoms with Crippen LogP contribution in [-0.2, 0) is 14.3 Å². The average Bonchev–Trinajstić information content (AvgIpc) is 2.31. The summed E-state index contributed by atoms with van der Waals surface area (Å²) < 4.78 is 5.46. The van der Waals surface area contributed by atoms with Crippen LogP contribution in [-0.4, -0.2) is 23.5 Å². The second-order valence-corrected chi connectivity index (χ2v) is 4.43. The van der Waals surface area contributed by atoms with Crippen LogP contribution in [0.1, 0.15) is 25.5 Å². The number of aromatic nitrogens is 1. The number of hydrogen-bond donors (Lipinski definition) is 1. The number of nitrogens with one attached hydrogen (secondary N) is 1. The van der Waals surface area contributed by atoms with E-state index in [0.717, 1.165) is 0 Å². The minimum atomic E-state index is -0.363. The molecule has 1 aromatic rings. The first-order valence-electron chi connectivity index (χ1n) is 5.61. The Balaban J connectivity index is 2.47. The molecule has 1 N–H and O–H groups in total. The number of aryl methyl sites for hydroxylation is 1. The standard InChI is InChI=1S/C12H15BrN2O3/c1-3-18-12(17)7-6-11(16)15-9-4-5-10(13)14-8(9)2/h4-5H,3,6-7H2,1-2H3,(H,15,16). The summed E-state index contributed by atoms with van der Waals surface area (Å²) in [6.45, 7) is 3.86. The van der Waals surface area contributed by atoms with Gasteiger partial charge in [0.15, 0.2) is 0 Å². The molecule has 0 aliphatic carbocycles. The van der Waals surface area contributed by atoms with Crippen molar-refractivity contribution in [2.45, 2.75) is 26.7 Å². The highest BCUT2D eigenvalue weighted by atomic mass is 79.9. The van der Waals surface area contributed by atoms with Crippen LogP contribution in [0.25, 0.3) is 0 Å². The molecule has 1 rings (SSSR count). The number of carbonyl (C=O) groups is 2. The highest BCUT2D eigenvalue weighted by Gasteiger charge is 2.09. The van der Waals surface area contributed by atoms with E-state index in [9.17, 15) is 9.59 Å². The number of amides is 1. The number of nitrogens with zero attached hydrogens (tertiary/aromatic N) is 1. The highest BCUT2D eigenvalue weighted by molar-refractivity contribution is 9.10. The van der Waals surface area contributed by atoms with Crippen LogP contribution >= 0.6 is 15.9 Å². The number of pyridine rings is 1. The molecule has 0 fully saturated rings. The Morgan fingerprint density at radius 1 is 1.39 bits per heavy atom. The van der Waals surface area contributed by atoms with Gasteiger partial charge in [0.25, 0.3) is 0 Å². The third-order valence-corrected chi connectivity index (χ3v) is 2.63. The monoisotopic (exact) mass is 314 g/mol. The van der Waals surface area contributed by atoms with Crippen molar-refractivity contribution in [1.82, 2.24) is 4.98 Å². The summed E-state index contributed by atoms with van der Waals surface area (Å²) in [7, 11) is 0. The van der Waals surface area contributed by atoms with E-state index in [4.69, 9.17) is 4.74 Å². The summed E-state index contributed by atoms with van der Waals surface area (Å²) in [6, 6.07) is 3.50. The molecule has 1 amide bonds. The van der Waals surface area contributed by atoms with Gasteiger partial charge in [0.2, 0.25) is 5.91 Å². The van der Waals surface area contributed by atoms with Crippen LogP contribution < -0.4 is 5.32 Å². The van der Waals surface area contributed by atoms with Crippen LogP contribution in [0.4, 0.5) is 5.69 Å². The Morgan fingerprint density at radius 3 is 2.72 bits per heavy atom. The lowest BCUT2D eigenvalue weighted by molar-refractivity contribution is -0.144. The molecule has 98 valence electrons. The zero-order valence-corrected chi connectivity index (χ0v) is 11.9. The van der Waals surface area contributed by atoms with Crippen molar-refractivity contribution in [2.24, 2.45) is 0 Å². The maximum absolute atomic E-state index is 11.6. The maximum atomic E-state index is 11.6. The molecule has 0 saturated heterocycles. The molecule has 1 heterocycles. The van der Waals surface area contributed by atoms with Crippen LogP contribution in [0.2, 0.25) is 0 Å². The van der Waals surface area contributed by atoms with Crippen molar-refractivity contribution in [3.63, 3.8) is 0 Å². The molecule has 1 aromatic heterocycles. The van der Waals surface area contributed by atoms with Crippen molar-refractivity contribution in [1.29, 1.82) is 0 Å². The number of rotatable bonds is 5. The Hall–Kier alpha value is -1.43. The summed E-state index contributed by atoms with van der Waals surface area (Å²) in [5.41, 5.74) is 1.36. The normalized spacial score (nSPS) is 9.94. The second kappa shape index (κ2) is 7.10. The maximum Gasteiger partial charge on any atom is 0.306 e. The van der Waals surface area contributed by atoms with Gasteiger partial charge in [-0.2, -0.15) is 0 Å². The third-order valence-electron chi connectivity index (χ3n) is 2.19. The molecule has 0 unspecified atom stereocenters. The van der Waals surface area contributed by atoms with E-state index >= 15 is 0 Å². The largest absolute Gasteiger partial charge is 0.466 e. The van der Waals surface area contributed by atoms with Gasteiger partial charge in [0.1, 0.15) is 4.60 Å². The number of halogens is 1. The minimum Gasteiger partial charge on any atom is -0.466 e. The van der Waals surface area contributed by atoms with Crippen LogP contribution in [0.5, 0.6) is 0 Å². The summed E-state index contributed by atoms with van der Waals surface area (Å²) in [6.07, 6.45) is 0.191. The fraction of sp³-hybridized carbons (Fsp3) is 0.417. The van der Waals surface area contributed by atoms with Gasteiger partial charge in [0, 0.05) is 6.42 Å². The van der Waals surface area contributed by atoms with Crippen molar-refractivity contribution in [3.8, 4) is 0 Å². The van der Waals surface area contributed by atoms with Gasteiger partial charge in [-0.3, -0.25) is 9.59 Å². The molecular weight excluding hydrogens is 300 g/mol. The van der Waals surface area contributed by atoms with E-state index in [1.165, 1.54) is 0 Å². The third kappa shape index (κ3) is 4.83. The SMILES string of the molecule is CCOC(=O)CCC(=O)Nc1ccc(Br)nc1C. The molecular formula is C12H15BrN2O3. The number of anilines is 1. The van der Waals surface area contributed by atoms with Gasteiger partial charge >= 0.3 is 5.97 Å². The van der Waals surface area contributed by atoms with E-state index < -0.39 is 0 Å². The van der Waals surface area contributed by atoms with E-state index in [1.807, 2.05) is 0 Å². The number of carbonyl (C=O) groups excluding carboxylic acids is 2. The summed E-state index contributed by atoms with van der Waals surface area (Å²) in [4.78, 5) is 26.9. The number of esters is 1. The molecule has 0 atom stereocenters. The lowest BCUT2D eigenvalue weighted by Gasteiger charge is -2.07. The van der Waals surface area contributed by atoms with Crippen LogP contribution in [0, 0.1) is 6.92 Å². The summed E-state index contributed by atoms with van der Waals surface area (Å²) in [5.74, 6) is -0.589. The lowest BCUT2D eigenvalue weighted by Crippen LogP contribution is -2.15. The lowest BCUT2D eigenvalue weighted by atomic mass is 10.2. The Morgan fingerprint density at radius 2 is 2.11 bits per heavy atom. The average molecular weight is 315 g/mol. The second-order valence-electron chi connectivity index (χ2n) is 3.62. The van der Waals surface area contributed by atoms with E-state index in [1.54, 1.807) is 26.0 Å². The molecule has 0 spiro atoms. The van der Waals surface area contributed by atoms with Crippen molar-refractivity contribution < 1.29 is 14.3 Å². The smallest absolute Gasteiger partial charge is 0.306 e. The number of hydrogen-bond acceptors (Lipinski definition) is 4. The van der Waals surface area contributed by atoms with Crippen LogP contribution in [0.3, 0.4) is 0 Å². The molecule has 5 nitrogen and oxygen atoms in total. The van der Waals surface area contributed by atoms with Crippen molar-refractivity contribution in [3.05, 3.63) is 22.4 Å². The Labute approximate surface area is 114 Å². The number of ether oxygens (including phenoxy) is 1. The molecule has 18 heavy (non-hydrogen) atoms. The predicted molar refractivity (Wildman–Crippen MR) is 71.2 cm³/mol. The molecule has 0 bridgehead atoms. The summed E-state index contributed by atoms with van der Waals surface area (Å²) in [5, 5.41) is 2.70. The fourth-order valence-electron chi connectivity index (χ4n) is 1.32. The van der Waals surface area contributed by atoms with E-state index in [-0.39, 0.29) is 24.7 Å². The van der Waals surface area contributed by atoms with Crippen molar-refractivity contribution in [2.75, 3.05) is 11.9 Å². The van der Waals surface area contributed by atoms with Gasteiger partial charge < -0.3 is 10.1 Å². The first kappa shape index (κ1) is 14.6. The van der Waals surface area contributed by atoms with Gasteiger partial charge in [-0.1, -0.05) is 0 Å². The predicted octanol–water partition coefficient (Wildman–Crippen LogP) is 2.43. The molecule has 0 radical (unpaired) electrons. The Bertz CT molecular complexity index is 449. The topological polar surface area (TPSA) is 68.3 Å². The molecule has 0 saturated carbocycles. The zero-order chi connectivity index (χ0) is 13.5. The Kier molecular flexibility index (Phi) is 5.77. The van der Waals surface area contributed by atoms with Gasteiger partial charge in [-0.05, 0) is 41.9 Å². The van der Waals surface area contributed by atoms with Gasteiger partial charge in [-0.25, -0.2) is 4.98 Å². The fourth-order valence-corrected chi connectivity index (χ4v) is 1.72. The van der Waals surface area contributed by atoms with Gasteiger partial charge in [-0.15, -0.1) is 0 Å². The molecule has 0 aliphatic heterocycles. The quantitative estimate of drug-likeness (QED) is 0.669. The van der Waals surface area contributed by atoms with Crippen LogP contribution in [0.15, 0.2) is 16.7 Å². The van der Waals surface area contributed by atoms with E-state index in [2.05, 4.69) is 26.2 Å². The highest BCUT2D eigenvalue weighted by Crippen LogP contribution is 2.16. The molecule has 6 heteroatoms. The first-order valence-corrected chi connectivity index (χ1v) is 6.41. The molecule has 0 aromatic carbocycles.